The van der Waals surface area contributed by atoms with Crippen LogP contribution in [0.5, 0.6) is 5.75 Å². The molecule has 6 nitrogen and oxygen atoms in total. The molecule has 1 unspecified atom stereocenters. The molecule has 1 atom stereocenters. The van der Waals surface area contributed by atoms with E-state index in [1.165, 1.54) is 11.1 Å². The quantitative estimate of drug-likeness (QED) is 0.539. The number of anilines is 1. The molecule has 2 heterocycles. The van der Waals surface area contributed by atoms with Crippen LogP contribution >= 0.6 is 0 Å². The molecule has 0 amide bonds. The summed E-state index contributed by atoms with van der Waals surface area (Å²) in [6.07, 6.45) is 5.15. The molecule has 1 aromatic carbocycles. The molecule has 1 aliphatic rings. The predicted molar refractivity (Wildman–Crippen MR) is 125 cm³/mol. The molecule has 0 radical (unpaired) electrons. The lowest BCUT2D eigenvalue weighted by Crippen LogP contribution is -2.49. The number of methoxy groups -OCH3 is 1. The van der Waals surface area contributed by atoms with Crippen LogP contribution in [0.3, 0.4) is 0 Å². The minimum Gasteiger partial charge on any atom is -0.497 e. The molecule has 0 aliphatic carbocycles. The van der Waals surface area contributed by atoms with E-state index in [1.54, 1.807) is 7.11 Å². The van der Waals surface area contributed by atoms with Crippen LogP contribution in [0, 0.1) is 6.92 Å². The fourth-order valence-corrected chi connectivity index (χ4v) is 3.79. The third-order valence-electron chi connectivity index (χ3n) is 5.83. The minimum atomic E-state index is 0.442. The average Bonchev–Trinajstić information content (AvgIpc) is 2.79. The van der Waals surface area contributed by atoms with Crippen molar-refractivity contribution in [2.24, 2.45) is 4.99 Å². The summed E-state index contributed by atoms with van der Waals surface area (Å²) >= 11 is 0. The first kappa shape index (κ1) is 21.9. The van der Waals surface area contributed by atoms with Crippen molar-refractivity contribution in [2.75, 3.05) is 38.7 Å². The van der Waals surface area contributed by atoms with Crippen LogP contribution in [0.2, 0.25) is 0 Å². The molecule has 1 saturated heterocycles. The number of hydrogen-bond acceptors (Lipinski definition) is 4. The lowest BCUT2D eigenvalue weighted by atomic mass is 9.98. The van der Waals surface area contributed by atoms with Gasteiger partial charge in [0.05, 0.1) is 7.11 Å². The fraction of sp³-hybridized carbons (Fsp3) is 0.500. The summed E-state index contributed by atoms with van der Waals surface area (Å²) in [5.41, 5.74) is 2.53. The van der Waals surface area contributed by atoms with Crippen LogP contribution in [0.4, 0.5) is 5.82 Å². The summed E-state index contributed by atoms with van der Waals surface area (Å²) in [5.74, 6) is 3.35. The number of aliphatic imine (C=N–C) groups is 1. The number of pyridine rings is 1. The van der Waals surface area contributed by atoms with Gasteiger partial charge < -0.3 is 20.3 Å². The number of rotatable bonds is 7. The Hall–Kier alpha value is -2.76. The van der Waals surface area contributed by atoms with Gasteiger partial charge in [0.2, 0.25) is 0 Å². The number of aryl methyl sites for hydroxylation is 1. The van der Waals surface area contributed by atoms with Gasteiger partial charge in [-0.25, -0.2) is 4.98 Å². The van der Waals surface area contributed by atoms with Crippen molar-refractivity contribution in [1.29, 1.82) is 0 Å². The van der Waals surface area contributed by atoms with Crippen LogP contribution < -0.4 is 20.3 Å². The van der Waals surface area contributed by atoms with Crippen molar-refractivity contribution in [2.45, 2.75) is 45.1 Å². The highest BCUT2D eigenvalue weighted by molar-refractivity contribution is 5.80. The summed E-state index contributed by atoms with van der Waals surface area (Å²) in [7, 11) is 3.54. The molecule has 162 valence electrons. The molecule has 0 spiro atoms. The summed E-state index contributed by atoms with van der Waals surface area (Å²) in [6, 6.07) is 13.0. The highest BCUT2D eigenvalue weighted by Gasteiger charge is 2.20. The van der Waals surface area contributed by atoms with E-state index in [0.29, 0.717) is 12.0 Å². The maximum Gasteiger partial charge on any atom is 0.191 e. The number of guanidine groups is 1. The van der Waals surface area contributed by atoms with E-state index < -0.39 is 0 Å². The van der Waals surface area contributed by atoms with E-state index in [0.717, 1.165) is 56.4 Å². The second-order valence-corrected chi connectivity index (χ2v) is 8.06. The first-order valence-corrected chi connectivity index (χ1v) is 10.9. The van der Waals surface area contributed by atoms with Gasteiger partial charge in [-0.05, 0) is 61.4 Å². The van der Waals surface area contributed by atoms with Crippen LogP contribution in [0.1, 0.15) is 43.2 Å². The van der Waals surface area contributed by atoms with E-state index in [4.69, 9.17) is 4.74 Å². The predicted octanol–water partition coefficient (Wildman–Crippen LogP) is 3.73. The summed E-state index contributed by atoms with van der Waals surface area (Å²) in [4.78, 5) is 11.3. The SMILES string of the molecule is CN=C(NCCC(C)c1ccc(OC)cc1)NC1CCN(c2ccc(C)cn2)CC1. The number of nitrogens with zero attached hydrogens (tertiary/aromatic N) is 3. The van der Waals surface area contributed by atoms with Crippen LogP contribution in [-0.2, 0) is 0 Å². The number of nitrogens with one attached hydrogen (secondary N) is 2. The zero-order valence-electron chi connectivity index (χ0n) is 18.7. The number of benzene rings is 1. The molecular weight excluding hydrogens is 374 g/mol. The number of aromatic nitrogens is 1. The van der Waals surface area contributed by atoms with E-state index >= 15 is 0 Å². The largest absolute Gasteiger partial charge is 0.497 e. The second kappa shape index (κ2) is 10.9. The Morgan fingerprint density at radius 2 is 1.93 bits per heavy atom. The Bertz CT molecular complexity index is 795. The number of hydrogen-bond donors (Lipinski definition) is 2. The Kier molecular flexibility index (Phi) is 7.94. The van der Waals surface area contributed by atoms with Crippen molar-refractivity contribution < 1.29 is 4.74 Å². The number of piperidine rings is 1. The molecule has 30 heavy (non-hydrogen) atoms. The lowest BCUT2D eigenvalue weighted by molar-refractivity contribution is 0.414. The van der Waals surface area contributed by atoms with Crippen molar-refractivity contribution in [3.05, 3.63) is 53.7 Å². The lowest BCUT2D eigenvalue weighted by Gasteiger charge is -2.33. The highest BCUT2D eigenvalue weighted by Crippen LogP contribution is 2.21. The molecule has 2 aromatic rings. The fourth-order valence-electron chi connectivity index (χ4n) is 3.79. The van der Waals surface area contributed by atoms with Gasteiger partial charge in [0.25, 0.3) is 0 Å². The summed E-state index contributed by atoms with van der Waals surface area (Å²) in [6.45, 7) is 7.25. The van der Waals surface area contributed by atoms with Gasteiger partial charge >= 0.3 is 0 Å². The van der Waals surface area contributed by atoms with E-state index in [9.17, 15) is 0 Å². The smallest absolute Gasteiger partial charge is 0.191 e. The molecule has 3 rings (SSSR count). The maximum absolute atomic E-state index is 5.24. The molecule has 0 saturated carbocycles. The van der Waals surface area contributed by atoms with E-state index in [2.05, 4.69) is 63.6 Å². The highest BCUT2D eigenvalue weighted by atomic mass is 16.5. The van der Waals surface area contributed by atoms with Gasteiger partial charge in [0.15, 0.2) is 5.96 Å². The molecular formula is C24H35N5O. The summed E-state index contributed by atoms with van der Waals surface area (Å²) in [5, 5.41) is 7.07. The van der Waals surface area contributed by atoms with Gasteiger partial charge in [0, 0.05) is 38.9 Å². The van der Waals surface area contributed by atoms with Gasteiger partial charge in [0.1, 0.15) is 11.6 Å². The normalized spacial score (nSPS) is 16.3. The van der Waals surface area contributed by atoms with E-state index in [1.807, 2.05) is 25.4 Å². The Balaban J connectivity index is 1.40. The van der Waals surface area contributed by atoms with Crippen molar-refractivity contribution >= 4 is 11.8 Å². The van der Waals surface area contributed by atoms with Crippen LogP contribution in [0.25, 0.3) is 0 Å². The van der Waals surface area contributed by atoms with Crippen molar-refractivity contribution in [1.82, 2.24) is 15.6 Å². The zero-order valence-corrected chi connectivity index (χ0v) is 18.7. The molecule has 1 aromatic heterocycles. The standard InChI is InChI=1S/C24H35N5O/c1-18-5-10-23(27-17-18)29-15-12-21(13-16-29)28-24(25-3)26-14-11-19(2)20-6-8-22(30-4)9-7-20/h5-10,17,19,21H,11-16H2,1-4H3,(H2,25,26,28). The molecule has 1 aliphatic heterocycles. The van der Waals surface area contributed by atoms with E-state index in [-0.39, 0.29) is 0 Å². The Morgan fingerprint density at radius 1 is 1.20 bits per heavy atom. The number of ether oxygens (including phenoxy) is 1. The maximum atomic E-state index is 5.24. The third-order valence-corrected chi connectivity index (χ3v) is 5.83. The monoisotopic (exact) mass is 409 g/mol. The van der Waals surface area contributed by atoms with Crippen molar-refractivity contribution in [3.8, 4) is 5.75 Å². The van der Waals surface area contributed by atoms with Crippen molar-refractivity contribution in [3.63, 3.8) is 0 Å². The molecule has 6 heteroatoms. The zero-order chi connectivity index (χ0) is 21.3. The van der Waals surface area contributed by atoms with Gasteiger partial charge in [-0.3, -0.25) is 4.99 Å². The average molecular weight is 410 g/mol. The Morgan fingerprint density at radius 3 is 2.53 bits per heavy atom. The minimum absolute atomic E-state index is 0.442. The van der Waals surface area contributed by atoms with Crippen LogP contribution in [-0.4, -0.2) is 50.8 Å². The molecule has 1 fully saturated rings. The third kappa shape index (κ3) is 6.12. The first-order chi connectivity index (χ1) is 14.6. The van der Waals surface area contributed by atoms with Gasteiger partial charge in [-0.1, -0.05) is 25.1 Å². The van der Waals surface area contributed by atoms with Gasteiger partial charge in [-0.15, -0.1) is 0 Å². The molecule has 2 N–H and O–H groups in total. The Labute approximate surface area is 180 Å². The first-order valence-electron chi connectivity index (χ1n) is 10.9. The summed E-state index contributed by atoms with van der Waals surface area (Å²) < 4.78 is 5.24. The molecule has 0 bridgehead atoms. The topological polar surface area (TPSA) is 61.8 Å². The second-order valence-electron chi connectivity index (χ2n) is 8.06. The van der Waals surface area contributed by atoms with Gasteiger partial charge in [-0.2, -0.15) is 0 Å². The van der Waals surface area contributed by atoms with Crippen LogP contribution in [0.15, 0.2) is 47.6 Å².